The number of likely N-dealkylation sites (tertiary alicyclic amines) is 1. The topological polar surface area (TPSA) is 88.8 Å². The van der Waals surface area contributed by atoms with Gasteiger partial charge >= 0.3 is 5.97 Å². The molecule has 0 unspecified atom stereocenters. The Bertz CT molecular complexity index is 1120. The van der Waals surface area contributed by atoms with Gasteiger partial charge in [-0.25, -0.2) is 9.18 Å². The summed E-state index contributed by atoms with van der Waals surface area (Å²) in [5.74, 6) is -1.82. The molecule has 0 aliphatic carbocycles. The van der Waals surface area contributed by atoms with E-state index in [4.69, 9.17) is 4.43 Å². The number of nitrogens with zero attached hydrogens (tertiary/aromatic N) is 2. The number of alkyl halides is 1. The minimum Gasteiger partial charge on any atom is -0.480 e. The van der Waals surface area contributed by atoms with Gasteiger partial charge < -0.3 is 19.0 Å². The third kappa shape index (κ3) is 5.27. The highest BCUT2D eigenvalue weighted by Crippen LogP contribution is 2.42. The second-order valence-electron chi connectivity index (χ2n) is 10.9. The Morgan fingerprint density at radius 3 is 2.25 bits per heavy atom. The zero-order chi connectivity index (χ0) is 26.9. The van der Waals surface area contributed by atoms with E-state index in [1.165, 1.54) is 6.92 Å². The number of hydrogen-bond acceptors (Lipinski definition) is 4. The fourth-order valence-electron chi connectivity index (χ4n) is 6.08. The molecule has 3 rings (SSSR count). The number of carboxylic acid groups (broad SMARTS) is 1. The van der Waals surface area contributed by atoms with E-state index in [0.29, 0.717) is 34.3 Å². The Morgan fingerprint density at radius 1 is 1.11 bits per heavy atom. The molecule has 1 aliphatic rings. The molecule has 0 bridgehead atoms. The number of fused-ring (bicyclic) bond motifs is 1. The summed E-state index contributed by atoms with van der Waals surface area (Å²) in [5, 5.41) is 10.1. The van der Waals surface area contributed by atoms with Crippen LogP contribution in [0, 0.1) is 0 Å². The van der Waals surface area contributed by atoms with Crippen LogP contribution in [0.4, 0.5) is 4.39 Å². The fourth-order valence-corrected chi connectivity index (χ4v) is 11.5. The van der Waals surface area contributed by atoms with Gasteiger partial charge in [0.2, 0.25) is 14.2 Å². The van der Waals surface area contributed by atoms with Gasteiger partial charge in [-0.2, -0.15) is 0 Å². The number of amides is 1. The van der Waals surface area contributed by atoms with Crippen LogP contribution < -0.4 is 0 Å². The molecule has 1 fully saturated rings. The Kier molecular flexibility index (Phi) is 8.45. The van der Waals surface area contributed by atoms with Crippen LogP contribution in [-0.4, -0.2) is 59.3 Å². The van der Waals surface area contributed by atoms with Gasteiger partial charge in [0.05, 0.1) is 13.2 Å². The smallest absolute Gasteiger partial charge is 0.326 e. The standard InChI is InChI=1S/C27H39FN2O5Si/c1-16(2)36(17(3)4,18(5)6)35-15-20-8-9-22-23(19(7)31)13-29(24(22)10-20)14-26(32)30-12-21(28)11-25(30)27(33)34/h8-10,13,16-18,21,25H,11-12,14-15H2,1-7H3,(H,33,34)/t21-,25+/m1/s1. The average molecular weight is 519 g/mol. The van der Waals surface area contributed by atoms with Crippen molar-refractivity contribution in [3.05, 3.63) is 35.5 Å². The van der Waals surface area contributed by atoms with Gasteiger partial charge in [-0.1, -0.05) is 53.7 Å². The van der Waals surface area contributed by atoms with Gasteiger partial charge in [0.25, 0.3) is 0 Å². The molecular formula is C27H39FN2O5Si. The highest BCUT2D eigenvalue weighted by molar-refractivity contribution is 6.77. The molecule has 9 heteroatoms. The van der Waals surface area contributed by atoms with Gasteiger partial charge in [-0.05, 0) is 35.2 Å². The van der Waals surface area contributed by atoms with Crippen LogP contribution in [0.5, 0.6) is 0 Å². The summed E-state index contributed by atoms with van der Waals surface area (Å²) in [4.78, 5) is 38.0. The number of carbonyl (C=O) groups is 3. The zero-order valence-electron chi connectivity index (χ0n) is 22.4. The van der Waals surface area contributed by atoms with E-state index in [1.807, 2.05) is 18.2 Å². The lowest BCUT2D eigenvalue weighted by Crippen LogP contribution is -2.47. The monoisotopic (exact) mass is 518 g/mol. The molecule has 1 aromatic heterocycles. The SMILES string of the molecule is CC(=O)c1cn(CC(=O)N2C[C@H](F)C[C@H]2C(=O)O)c2cc(CO[Si](C(C)C)(C(C)C)C(C)C)ccc12. The molecule has 36 heavy (non-hydrogen) atoms. The second kappa shape index (κ2) is 10.8. The van der Waals surface area contributed by atoms with Crippen molar-refractivity contribution in [2.45, 2.75) is 96.9 Å². The van der Waals surface area contributed by atoms with E-state index in [-0.39, 0.29) is 25.3 Å². The molecule has 0 spiro atoms. The quantitative estimate of drug-likeness (QED) is 0.329. The zero-order valence-corrected chi connectivity index (χ0v) is 23.4. The largest absolute Gasteiger partial charge is 0.480 e. The number of aliphatic carboxylic acids is 1. The molecule has 2 atom stereocenters. The van der Waals surface area contributed by atoms with Crippen LogP contribution >= 0.6 is 0 Å². The number of carboxylic acids is 1. The van der Waals surface area contributed by atoms with E-state index >= 15 is 0 Å². The van der Waals surface area contributed by atoms with E-state index in [2.05, 4.69) is 41.5 Å². The van der Waals surface area contributed by atoms with Crippen LogP contribution in [0.2, 0.25) is 16.6 Å². The Morgan fingerprint density at radius 2 is 1.72 bits per heavy atom. The van der Waals surface area contributed by atoms with E-state index in [1.54, 1.807) is 10.8 Å². The van der Waals surface area contributed by atoms with Gasteiger partial charge in [-0.15, -0.1) is 0 Å². The van der Waals surface area contributed by atoms with Crippen molar-refractivity contribution in [1.82, 2.24) is 9.47 Å². The molecule has 1 amide bonds. The third-order valence-corrected chi connectivity index (χ3v) is 13.7. The highest BCUT2D eigenvalue weighted by atomic mass is 28.4. The lowest BCUT2D eigenvalue weighted by Gasteiger charge is -2.42. The minimum absolute atomic E-state index is 0.130. The normalized spacial score (nSPS) is 18.7. The number of aromatic nitrogens is 1. The number of benzene rings is 1. The van der Waals surface area contributed by atoms with Crippen molar-refractivity contribution in [3.8, 4) is 0 Å². The lowest BCUT2D eigenvalue weighted by molar-refractivity contribution is -0.148. The average Bonchev–Trinajstić information content (AvgIpc) is 3.34. The number of ketones is 1. The first kappa shape index (κ1) is 28.1. The summed E-state index contributed by atoms with van der Waals surface area (Å²) in [6, 6.07) is 4.59. The number of carbonyl (C=O) groups excluding carboxylic acids is 2. The molecule has 0 radical (unpaired) electrons. The molecular weight excluding hydrogens is 479 g/mol. The summed E-state index contributed by atoms with van der Waals surface area (Å²) in [7, 11) is -2.09. The molecule has 2 aromatic rings. The van der Waals surface area contributed by atoms with Crippen molar-refractivity contribution in [3.63, 3.8) is 0 Å². The summed E-state index contributed by atoms with van der Waals surface area (Å²) in [5.41, 5.74) is 3.44. The second-order valence-corrected chi connectivity index (χ2v) is 16.4. The van der Waals surface area contributed by atoms with E-state index in [0.717, 1.165) is 15.8 Å². The predicted molar refractivity (Wildman–Crippen MR) is 140 cm³/mol. The van der Waals surface area contributed by atoms with Gasteiger partial charge in [0.1, 0.15) is 18.8 Å². The number of halogens is 1. The van der Waals surface area contributed by atoms with Crippen molar-refractivity contribution in [2.75, 3.05) is 6.54 Å². The van der Waals surface area contributed by atoms with Crippen LogP contribution in [0.3, 0.4) is 0 Å². The van der Waals surface area contributed by atoms with Crippen molar-refractivity contribution in [2.24, 2.45) is 0 Å². The number of hydrogen-bond donors (Lipinski definition) is 1. The summed E-state index contributed by atoms with van der Waals surface area (Å²) in [6.07, 6.45) is 0.0604. The molecule has 198 valence electrons. The molecule has 0 saturated carbocycles. The maximum atomic E-state index is 13.9. The fraction of sp³-hybridized carbons (Fsp3) is 0.593. The van der Waals surface area contributed by atoms with Gasteiger partial charge in [0.15, 0.2) is 5.78 Å². The molecule has 2 heterocycles. The molecule has 7 nitrogen and oxygen atoms in total. The van der Waals surface area contributed by atoms with E-state index < -0.39 is 32.4 Å². The Balaban J connectivity index is 1.94. The maximum Gasteiger partial charge on any atom is 0.326 e. The van der Waals surface area contributed by atoms with Crippen LogP contribution in [0.25, 0.3) is 10.9 Å². The van der Waals surface area contributed by atoms with Crippen molar-refractivity contribution in [1.29, 1.82) is 0 Å². The van der Waals surface area contributed by atoms with E-state index in [9.17, 15) is 23.9 Å². The van der Waals surface area contributed by atoms with Gasteiger partial charge in [0, 0.05) is 29.1 Å². The molecule has 1 aliphatic heterocycles. The number of Topliss-reactive ketones (excluding diaryl/α,β-unsaturated/α-hetero) is 1. The maximum absolute atomic E-state index is 13.9. The predicted octanol–water partition coefficient (Wildman–Crippen LogP) is 5.56. The number of rotatable bonds is 10. The summed E-state index contributed by atoms with van der Waals surface area (Å²) >= 11 is 0. The molecule has 1 aromatic carbocycles. The van der Waals surface area contributed by atoms with Crippen LogP contribution in [-0.2, 0) is 27.2 Å². The van der Waals surface area contributed by atoms with Crippen LogP contribution in [0.1, 0.15) is 70.8 Å². The van der Waals surface area contributed by atoms with Crippen molar-refractivity contribution >= 4 is 36.9 Å². The highest BCUT2D eigenvalue weighted by Gasteiger charge is 2.45. The third-order valence-electron chi connectivity index (χ3n) is 7.68. The Hall–Kier alpha value is -2.52. The lowest BCUT2D eigenvalue weighted by atomic mass is 10.1. The molecule has 1 saturated heterocycles. The molecule has 1 N–H and O–H groups in total. The first-order chi connectivity index (χ1) is 16.8. The van der Waals surface area contributed by atoms with Crippen LogP contribution in [0.15, 0.2) is 24.4 Å². The van der Waals surface area contributed by atoms with Gasteiger partial charge in [-0.3, -0.25) is 9.59 Å². The first-order valence-electron chi connectivity index (χ1n) is 12.7. The first-order valence-corrected chi connectivity index (χ1v) is 14.9. The Labute approximate surface area is 213 Å². The minimum atomic E-state index is -2.09. The van der Waals surface area contributed by atoms with Crippen molar-refractivity contribution < 1.29 is 28.3 Å². The summed E-state index contributed by atoms with van der Waals surface area (Å²) < 4.78 is 22.3. The summed E-state index contributed by atoms with van der Waals surface area (Å²) in [6.45, 7) is 14.9.